The molecule has 148 valence electrons. The fourth-order valence-corrected chi connectivity index (χ4v) is 3.02. The number of nitro benzene ring substituents is 1. The Hall–Kier alpha value is -2.25. The topological polar surface area (TPSA) is 80.3 Å². The molecule has 0 unspecified atom stereocenters. The molecule has 3 aromatic rings. The molecular formula is C19H18Cl3N3O3. The molecule has 2 aromatic carbocycles. The van der Waals surface area contributed by atoms with Crippen LogP contribution in [0.3, 0.4) is 0 Å². The number of nitrogens with zero attached hydrogens (tertiary/aromatic N) is 1. The molecule has 0 aliphatic heterocycles. The first-order chi connectivity index (χ1) is 13.0. The second kappa shape index (κ2) is 10.3. The predicted octanol–water partition coefficient (Wildman–Crippen LogP) is 5.79. The van der Waals surface area contributed by atoms with E-state index in [0.29, 0.717) is 35.4 Å². The molecule has 0 saturated carbocycles. The Morgan fingerprint density at radius 2 is 1.75 bits per heavy atom. The lowest BCUT2D eigenvalue weighted by Gasteiger charge is -2.07. The lowest BCUT2D eigenvalue weighted by Crippen LogP contribution is -2.21. The summed E-state index contributed by atoms with van der Waals surface area (Å²) in [5.74, 6) is 1.49. The van der Waals surface area contributed by atoms with E-state index in [1.54, 1.807) is 24.3 Å². The molecule has 0 saturated heterocycles. The number of nitrogens with one attached hydrogen (secondary N) is 2. The standard InChI is InChI=1S/C19H17Cl2N3O3.ClH/c20-13-1-7-17(18(21)11-13)19-8-6-16(27-19)12-22-9-10-23-14-2-4-15(5-3-14)24(25)26;/h1-8,11,22-23H,9-10,12H2;1H. The van der Waals surface area contributed by atoms with Crippen LogP contribution in [-0.2, 0) is 6.54 Å². The summed E-state index contributed by atoms with van der Waals surface area (Å²) < 4.78 is 5.82. The molecule has 9 heteroatoms. The van der Waals surface area contributed by atoms with Crippen molar-refractivity contribution in [2.24, 2.45) is 0 Å². The Balaban J connectivity index is 0.00000280. The van der Waals surface area contributed by atoms with Gasteiger partial charge in [-0.15, -0.1) is 12.4 Å². The highest BCUT2D eigenvalue weighted by Crippen LogP contribution is 2.31. The van der Waals surface area contributed by atoms with Crippen molar-refractivity contribution in [3.63, 3.8) is 0 Å². The van der Waals surface area contributed by atoms with Gasteiger partial charge in [0.25, 0.3) is 5.69 Å². The molecule has 6 nitrogen and oxygen atoms in total. The first-order valence-electron chi connectivity index (χ1n) is 8.26. The van der Waals surface area contributed by atoms with Gasteiger partial charge in [-0.2, -0.15) is 0 Å². The number of hydrogen-bond donors (Lipinski definition) is 2. The van der Waals surface area contributed by atoms with Gasteiger partial charge in [-0.1, -0.05) is 23.2 Å². The van der Waals surface area contributed by atoms with Gasteiger partial charge >= 0.3 is 0 Å². The average Bonchev–Trinajstić information content (AvgIpc) is 3.10. The average molecular weight is 443 g/mol. The largest absolute Gasteiger partial charge is 0.460 e. The molecule has 1 aromatic heterocycles. The Morgan fingerprint density at radius 1 is 1.00 bits per heavy atom. The van der Waals surface area contributed by atoms with E-state index < -0.39 is 4.92 Å². The molecule has 0 fully saturated rings. The van der Waals surface area contributed by atoms with Gasteiger partial charge in [0.2, 0.25) is 0 Å². The monoisotopic (exact) mass is 441 g/mol. The van der Waals surface area contributed by atoms with Gasteiger partial charge in [-0.05, 0) is 42.5 Å². The van der Waals surface area contributed by atoms with Crippen LogP contribution in [0.2, 0.25) is 10.0 Å². The number of benzene rings is 2. The van der Waals surface area contributed by atoms with Crippen LogP contribution in [0.5, 0.6) is 0 Å². The zero-order valence-corrected chi connectivity index (χ0v) is 17.0. The molecule has 0 bridgehead atoms. The van der Waals surface area contributed by atoms with E-state index >= 15 is 0 Å². The van der Waals surface area contributed by atoms with E-state index in [9.17, 15) is 10.1 Å². The molecule has 0 aliphatic rings. The van der Waals surface area contributed by atoms with Crippen molar-refractivity contribution < 1.29 is 9.34 Å². The number of anilines is 1. The zero-order chi connectivity index (χ0) is 19.2. The highest BCUT2D eigenvalue weighted by molar-refractivity contribution is 6.36. The van der Waals surface area contributed by atoms with E-state index in [4.69, 9.17) is 27.6 Å². The van der Waals surface area contributed by atoms with Gasteiger partial charge in [0.1, 0.15) is 11.5 Å². The number of nitro groups is 1. The minimum absolute atomic E-state index is 0. The Morgan fingerprint density at radius 3 is 2.43 bits per heavy atom. The second-order valence-corrected chi connectivity index (χ2v) is 6.64. The van der Waals surface area contributed by atoms with Crippen LogP contribution < -0.4 is 10.6 Å². The minimum Gasteiger partial charge on any atom is -0.460 e. The smallest absolute Gasteiger partial charge is 0.269 e. The molecule has 0 aliphatic carbocycles. The fraction of sp³-hybridized carbons (Fsp3) is 0.158. The summed E-state index contributed by atoms with van der Waals surface area (Å²) in [6.45, 7) is 1.95. The zero-order valence-electron chi connectivity index (χ0n) is 14.7. The maximum Gasteiger partial charge on any atom is 0.269 e. The van der Waals surface area contributed by atoms with Crippen LogP contribution in [0.1, 0.15) is 5.76 Å². The van der Waals surface area contributed by atoms with Gasteiger partial charge in [-0.25, -0.2) is 0 Å². The second-order valence-electron chi connectivity index (χ2n) is 5.80. The van der Waals surface area contributed by atoms with Crippen LogP contribution in [0, 0.1) is 10.1 Å². The third-order valence-electron chi connectivity index (χ3n) is 3.87. The molecule has 1 heterocycles. The number of hydrogen-bond acceptors (Lipinski definition) is 5. The van der Waals surface area contributed by atoms with Crippen molar-refractivity contribution in [2.75, 3.05) is 18.4 Å². The molecule has 0 amide bonds. The highest BCUT2D eigenvalue weighted by atomic mass is 35.5. The van der Waals surface area contributed by atoms with Gasteiger partial charge in [0.15, 0.2) is 0 Å². The minimum atomic E-state index is -0.416. The summed E-state index contributed by atoms with van der Waals surface area (Å²) in [4.78, 5) is 10.2. The predicted molar refractivity (Wildman–Crippen MR) is 115 cm³/mol. The number of non-ortho nitro benzene ring substituents is 1. The number of rotatable bonds is 8. The van der Waals surface area contributed by atoms with Crippen LogP contribution >= 0.6 is 35.6 Å². The van der Waals surface area contributed by atoms with Crippen LogP contribution in [0.15, 0.2) is 59.0 Å². The van der Waals surface area contributed by atoms with Crippen LogP contribution in [-0.4, -0.2) is 18.0 Å². The van der Waals surface area contributed by atoms with Crippen molar-refractivity contribution in [3.8, 4) is 11.3 Å². The first kappa shape index (κ1) is 22.0. The summed E-state index contributed by atoms with van der Waals surface area (Å²) in [6, 6.07) is 15.4. The Bertz CT molecular complexity index is 930. The van der Waals surface area contributed by atoms with Crippen LogP contribution in [0.25, 0.3) is 11.3 Å². The molecule has 0 atom stereocenters. The maximum absolute atomic E-state index is 10.6. The van der Waals surface area contributed by atoms with Crippen molar-refractivity contribution >= 4 is 47.0 Å². The lowest BCUT2D eigenvalue weighted by atomic mass is 10.2. The quantitative estimate of drug-likeness (QED) is 0.262. The summed E-state index contributed by atoms with van der Waals surface area (Å²) in [7, 11) is 0. The van der Waals surface area contributed by atoms with Crippen molar-refractivity contribution in [1.29, 1.82) is 0 Å². The molecule has 28 heavy (non-hydrogen) atoms. The summed E-state index contributed by atoms with van der Waals surface area (Å²) in [5, 5.41) is 18.2. The Labute approximate surface area is 178 Å². The van der Waals surface area contributed by atoms with E-state index in [1.807, 2.05) is 18.2 Å². The lowest BCUT2D eigenvalue weighted by molar-refractivity contribution is -0.384. The molecule has 0 spiro atoms. The van der Waals surface area contributed by atoms with Crippen molar-refractivity contribution in [3.05, 3.63) is 80.5 Å². The number of halogens is 3. The maximum atomic E-state index is 10.6. The Kier molecular flexibility index (Phi) is 8.14. The van der Waals surface area contributed by atoms with E-state index in [1.165, 1.54) is 12.1 Å². The van der Waals surface area contributed by atoms with E-state index in [0.717, 1.165) is 17.0 Å². The molecule has 0 radical (unpaired) electrons. The van der Waals surface area contributed by atoms with Gasteiger partial charge < -0.3 is 15.1 Å². The summed E-state index contributed by atoms with van der Waals surface area (Å²) in [6.07, 6.45) is 0. The molecule has 3 rings (SSSR count). The van der Waals surface area contributed by atoms with Gasteiger partial charge in [0, 0.05) is 41.5 Å². The van der Waals surface area contributed by atoms with Crippen LogP contribution in [0.4, 0.5) is 11.4 Å². The van der Waals surface area contributed by atoms with Gasteiger partial charge in [0.05, 0.1) is 16.5 Å². The van der Waals surface area contributed by atoms with Crippen molar-refractivity contribution in [1.82, 2.24) is 5.32 Å². The molecule has 2 N–H and O–H groups in total. The third kappa shape index (κ3) is 5.87. The summed E-state index contributed by atoms with van der Waals surface area (Å²) in [5.41, 5.74) is 1.71. The first-order valence-corrected chi connectivity index (χ1v) is 9.02. The van der Waals surface area contributed by atoms with E-state index in [-0.39, 0.29) is 18.1 Å². The normalized spacial score (nSPS) is 10.4. The van der Waals surface area contributed by atoms with Crippen molar-refractivity contribution in [2.45, 2.75) is 6.54 Å². The summed E-state index contributed by atoms with van der Waals surface area (Å²) >= 11 is 12.1. The van der Waals surface area contributed by atoms with Gasteiger partial charge in [-0.3, -0.25) is 10.1 Å². The third-order valence-corrected chi connectivity index (χ3v) is 4.41. The van der Waals surface area contributed by atoms with E-state index in [2.05, 4.69) is 10.6 Å². The fourth-order valence-electron chi connectivity index (χ4n) is 2.51. The molecular weight excluding hydrogens is 425 g/mol. The number of furan rings is 1. The SMILES string of the molecule is Cl.O=[N+]([O-])c1ccc(NCCNCc2ccc(-c3ccc(Cl)cc3Cl)o2)cc1. The highest BCUT2D eigenvalue weighted by Gasteiger charge is 2.09.